The Hall–Kier alpha value is -3.13. The molecule has 0 unspecified atom stereocenters. The fourth-order valence-electron chi connectivity index (χ4n) is 1.46. The van der Waals surface area contributed by atoms with Gasteiger partial charge in [0.15, 0.2) is 0 Å². The standard InChI is InChI=1S/C17H15ClO8/c1-23-14(19)5-7-16(21)25-10-11-3-4-12(9-13(11)18)26-17(22)8-6-15(20)24-2/h3-9H,10H2,1-2H3/b7-5+,8-6+. The molecule has 0 saturated carbocycles. The van der Waals surface area contributed by atoms with Crippen LogP contribution in [-0.2, 0) is 40.0 Å². The van der Waals surface area contributed by atoms with Crippen LogP contribution >= 0.6 is 11.6 Å². The molecular weight excluding hydrogens is 368 g/mol. The number of hydrogen-bond donors (Lipinski definition) is 0. The summed E-state index contributed by atoms with van der Waals surface area (Å²) in [4.78, 5) is 44.7. The summed E-state index contributed by atoms with van der Waals surface area (Å²) in [7, 11) is 2.35. The molecule has 0 amide bonds. The van der Waals surface area contributed by atoms with Crippen LogP contribution in [0.2, 0.25) is 5.02 Å². The highest BCUT2D eigenvalue weighted by Gasteiger charge is 2.08. The van der Waals surface area contributed by atoms with Gasteiger partial charge in [0.1, 0.15) is 12.4 Å². The van der Waals surface area contributed by atoms with Gasteiger partial charge in [-0.2, -0.15) is 0 Å². The summed E-state index contributed by atoms with van der Waals surface area (Å²) < 4.78 is 18.6. The van der Waals surface area contributed by atoms with E-state index in [2.05, 4.69) is 9.47 Å². The predicted octanol–water partition coefficient (Wildman–Crippen LogP) is 1.75. The van der Waals surface area contributed by atoms with Crippen molar-refractivity contribution >= 4 is 35.5 Å². The number of ether oxygens (including phenoxy) is 4. The summed E-state index contributed by atoms with van der Waals surface area (Å²) in [6.45, 7) is -0.153. The highest BCUT2D eigenvalue weighted by molar-refractivity contribution is 6.31. The lowest BCUT2D eigenvalue weighted by atomic mass is 10.2. The number of methoxy groups -OCH3 is 2. The summed E-state index contributed by atoms with van der Waals surface area (Å²) in [6, 6.07) is 4.27. The second-order valence-electron chi connectivity index (χ2n) is 4.50. The first-order valence-electron chi connectivity index (χ1n) is 7.04. The van der Waals surface area contributed by atoms with E-state index in [0.717, 1.165) is 24.3 Å². The van der Waals surface area contributed by atoms with Gasteiger partial charge in [0.05, 0.1) is 19.2 Å². The van der Waals surface area contributed by atoms with E-state index < -0.39 is 23.9 Å². The average molecular weight is 383 g/mol. The topological polar surface area (TPSA) is 105 Å². The largest absolute Gasteiger partial charge is 0.466 e. The fourth-order valence-corrected chi connectivity index (χ4v) is 1.69. The van der Waals surface area contributed by atoms with Gasteiger partial charge in [0, 0.05) is 29.9 Å². The molecular formula is C17H15ClO8. The number of rotatable bonds is 7. The van der Waals surface area contributed by atoms with Crippen molar-refractivity contribution in [3.05, 3.63) is 53.1 Å². The molecule has 0 radical (unpaired) electrons. The van der Waals surface area contributed by atoms with Crippen LogP contribution in [-0.4, -0.2) is 38.1 Å². The molecule has 0 aliphatic heterocycles. The van der Waals surface area contributed by atoms with Crippen LogP contribution in [0.1, 0.15) is 5.56 Å². The Morgan fingerprint density at radius 1 is 0.885 bits per heavy atom. The molecule has 9 heteroatoms. The summed E-state index contributed by atoms with van der Waals surface area (Å²) in [5, 5.41) is 0.192. The van der Waals surface area contributed by atoms with Crippen molar-refractivity contribution in [2.75, 3.05) is 14.2 Å². The third-order valence-corrected chi connectivity index (χ3v) is 3.08. The molecule has 1 aromatic rings. The molecule has 0 bridgehead atoms. The quantitative estimate of drug-likeness (QED) is 0.304. The van der Waals surface area contributed by atoms with Crippen molar-refractivity contribution in [1.29, 1.82) is 0 Å². The van der Waals surface area contributed by atoms with Crippen molar-refractivity contribution in [3.63, 3.8) is 0 Å². The normalized spacial score (nSPS) is 10.6. The Morgan fingerprint density at radius 3 is 1.96 bits per heavy atom. The molecule has 1 rings (SSSR count). The van der Waals surface area contributed by atoms with E-state index >= 15 is 0 Å². The summed E-state index contributed by atoms with van der Waals surface area (Å²) in [5.74, 6) is -2.80. The van der Waals surface area contributed by atoms with Crippen LogP contribution < -0.4 is 4.74 Å². The Labute approximate surface area is 153 Å². The Balaban J connectivity index is 2.61. The van der Waals surface area contributed by atoms with Gasteiger partial charge in [-0.05, 0) is 12.1 Å². The smallest absolute Gasteiger partial charge is 0.336 e. The van der Waals surface area contributed by atoms with Crippen LogP contribution in [0.25, 0.3) is 0 Å². The lowest BCUT2D eigenvalue weighted by Gasteiger charge is -2.07. The van der Waals surface area contributed by atoms with E-state index in [0.29, 0.717) is 5.56 Å². The predicted molar refractivity (Wildman–Crippen MR) is 89.2 cm³/mol. The van der Waals surface area contributed by atoms with Crippen LogP contribution in [0, 0.1) is 0 Å². The molecule has 0 aromatic heterocycles. The van der Waals surface area contributed by atoms with Crippen LogP contribution in [0.15, 0.2) is 42.5 Å². The van der Waals surface area contributed by atoms with Gasteiger partial charge in [-0.25, -0.2) is 19.2 Å². The Bertz CT molecular complexity index is 751. The lowest BCUT2D eigenvalue weighted by molar-refractivity contribution is -0.140. The molecule has 0 aliphatic rings. The number of carbonyl (C=O) groups is 4. The molecule has 0 aliphatic carbocycles. The Kier molecular flexibility index (Phi) is 8.59. The maximum Gasteiger partial charge on any atom is 0.336 e. The number of esters is 4. The minimum atomic E-state index is -0.793. The summed E-state index contributed by atoms with van der Waals surface area (Å²) in [5.41, 5.74) is 0.455. The third kappa shape index (κ3) is 7.63. The van der Waals surface area contributed by atoms with Crippen molar-refractivity contribution in [2.45, 2.75) is 6.61 Å². The zero-order valence-electron chi connectivity index (χ0n) is 13.9. The van der Waals surface area contributed by atoms with Gasteiger partial charge in [0.2, 0.25) is 0 Å². The van der Waals surface area contributed by atoms with E-state index in [-0.39, 0.29) is 17.4 Å². The average Bonchev–Trinajstić information content (AvgIpc) is 2.63. The molecule has 138 valence electrons. The van der Waals surface area contributed by atoms with E-state index in [1.807, 2.05) is 0 Å². The SMILES string of the molecule is COC(=O)/C=C/C(=O)OCc1ccc(OC(=O)/C=C/C(=O)OC)cc1Cl. The van der Waals surface area contributed by atoms with Gasteiger partial charge in [-0.1, -0.05) is 17.7 Å². The van der Waals surface area contributed by atoms with E-state index in [4.69, 9.17) is 21.1 Å². The molecule has 26 heavy (non-hydrogen) atoms. The van der Waals surface area contributed by atoms with Crippen LogP contribution in [0.4, 0.5) is 0 Å². The first kappa shape index (κ1) is 20.9. The van der Waals surface area contributed by atoms with Gasteiger partial charge in [-0.3, -0.25) is 0 Å². The van der Waals surface area contributed by atoms with Crippen molar-refractivity contribution in [1.82, 2.24) is 0 Å². The maximum absolute atomic E-state index is 11.5. The number of hydrogen-bond acceptors (Lipinski definition) is 8. The molecule has 1 aromatic carbocycles. The maximum atomic E-state index is 11.5. The first-order valence-corrected chi connectivity index (χ1v) is 7.42. The van der Waals surface area contributed by atoms with Gasteiger partial charge in [0.25, 0.3) is 0 Å². The summed E-state index contributed by atoms with van der Waals surface area (Å²) in [6.07, 6.45) is 3.67. The summed E-state index contributed by atoms with van der Waals surface area (Å²) >= 11 is 6.03. The van der Waals surface area contributed by atoms with Gasteiger partial charge < -0.3 is 18.9 Å². The zero-order chi connectivity index (χ0) is 19.5. The molecule has 0 fully saturated rings. The highest BCUT2D eigenvalue weighted by Crippen LogP contribution is 2.23. The van der Waals surface area contributed by atoms with E-state index in [1.54, 1.807) is 0 Å². The second-order valence-corrected chi connectivity index (χ2v) is 4.90. The lowest BCUT2D eigenvalue weighted by Crippen LogP contribution is -2.06. The van der Waals surface area contributed by atoms with Crippen LogP contribution in [0.3, 0.4) is 0 Å². The monoisotopic (exact) mass is 382 g/mol. The Morgan fingerprint density at radius 2 is 1.42 bits per heavy atom. The van der Waals surface area contributed by atoms with Gasteiger partial charge >= 0.3 is 23.9 Å². The minimum Gasteiger partial charge on any atom is -0.466 e. The van der Waals surface area contributed by atoms with Crippen molar-refractivity contribution in [3.8, 4) is 5.75 Å². The molecule has 0 atom stereocenters. The first-order chi connectivity index (χ1) is 12.3. The minimum absolute atomic E-state index is 0.134. The molecule has 0 heterocycles. The molecule has 8 nitrogen and oxygen atoms in total. The number of benzene rings is 1. The van der Waals surface area contributed by atoms with Crippen molar-refractivity contribution in [2.24, 2.45) is 0 Å². The molecule has 0 spiro atoms. The third-order valence-electron chi connectivity index (χ3n) is 2.73. The number of carbonyl (C=O) groups excluding carboxylic acids is 4. The molecule has 0 N–H and O–H groups in total. The molecule has 0 saturated heterocycles. The second kappa shape index (κ2) is 10.7. The highest BCUT2D eigenvalue weighted by atomic mass is 35.5. The van der Waals surface area contributed by atoms with E-state index in [9.17, 15) is 19.2 Å². The van der Waals surface area contributed by atoms with E-state index in [1.165, 1.54) is 32.4 Å². The number of halogens is 1. The fraction of sp³-hybridized carbons (Fsp3) is 0.176. The zero-order valence-corrected chi connectivity index (χ0v) is 14.6. The van der Waals surface area contributed by atoms with Gasteiger partial charge in [-0.15, -0.1) is 0 Å². The van der Waals surface area contributed by atoms with Crippen LogP contribution in [0.5, 0.6) is 5.75 Å². The van der Waals surface area contributed by atoms with Crippen molar-refractivity contribution < 1.29 is 38.1 Å².